The SMILES string of the molecule is O=C1CC(C(=O)N(Cc2c(F)cccc2Cl)C2CC2)CN1c1ccc2c(c1)OCCO2. The molecule has 2 aromatic carbocycles. The van der Waals surface area contributed by atoms with E-state index in [1.807, 2.05) is 0 Å². The van der Waals surface area contributed by atoms with Crippen LogP contribution in [0.2, 0.25) is 5.02 Å². The van der Waals surface area contributed by atoms with Crippen LogP contribution in [0.1, 0.15) is 24.8 Å². The molecule has 0 bridgehead atoms. The maximum atomic E-state index is 14.3. The van der Waals surface area contributed by atoms with Crippen molar-refractivity contribution in [3.63, 3.8) is 0 Å². The summed E-state index contributed by atoms with van der Waals surface area (Å²) >= 11 is 6.19. The molecule has 1 aliphatic carbocycles. The van der Waals surface area contributed by atoms with E-state index < -0.39 is 11.7 Å². The summed E-state index contributed by atoms with van der Waals surface area (Å²) in [4.78, 5) is 29.4. The summed E-state index contributed by atoms with van der Waals surface area (Å²) in [5.41, 5.74) is 0.997. The minimum Gasteiger partial charge on any atom is -0.486 e. The second-order valence-corrected chi connectivity index (χ2v) is 8.54. The van der Waals surface area contributed by atoms with E-state index >= 15 is 0 Å². The summed E-state index contributed by atoms with van der Waals surface area (Å²) in [5, 5.41) is 0.304. The zero-order valence-electron chi connectivity index (χ0n) is 16.9. The van der Waals surface area contributed by atoms with E-state index in [1.165, 1.54) is 6.07 Å². The molecule has 162 valence electrons. The molecule has 31 heavy (non-hydrogen) atoms. The Labute approximate surface area is 184 Å². The molecule has 6 nitrogen and oxygen atoms in total. The lowest BCUT2D eigenvalue weighted by Crippen LogP contribution is -2.38. The molecule has 0 spiro atoms. The first-order valence-corrected chi connectivity index (χ1v) is 10.8. The van der Waals surface area contributed by atoms with Crippen LogP contribution in [0.4, 0.5) is 10.1 Å². The van der Waals surface area contributed by atoms with Gasteiger partial charge in [-0.05, 0) is 37.1 Å². The fraction of sp³-hybridized carbons (Fsp3) is 0.391. The molecule has 1 saturated heterocycles. The zero-order valence-corrected chi connectivity index (χ0v) is 17.6. The van der Waals surface area contributed by atoms with Crippen molar-refractivity contribution in [1.82, 2.24) is 4.90 Å². The number of rotatable bonds is 5. The molecule has 3 aliphatic rings. The van der Waals surface area contributed by atoms with Crippen LogP contribution in [0, 0.1) is 11.7 Å². The van der Waals surface area contributed by atoms with Crippen molar-refractivity contribution in [1.29, 1.82) is 0 Å². The number of anilines is 1. The van der Waals surface area contributed by atoms with Crippen molar-refractivity contribution < 1.29 is 23.5 Å². The van der Waals surface area contributed by atoms with Gasteiger partial charge in [-0.1, -0.05) is 17.7 Å². The second kappa shape index (κ2) is 8.04. The third kappa shape index (κ3) is 3.94. The van der Waals surface area contributed by atoms with Gasteiger partial charge in [0.2, 0.25) is 11.8 Å². The van der Waals surface area contributed by atoms with Crippen molar-refractivity contribution in [2.24, 2.45) is 5.92 Å². The minimum atomic E-state index is -0.480. The molecule has 0 radical (unpaired) electrons. The van der Waals surface area contributed by atoms with Gasteiger partial charge in [0.15, 0.2) is 11.5 Å². The fourth-order valence-electron chi connectivity index (χ4n) is 4.18. The minimum absolute atomic E-state index is 0.0709. The van der Waals surface area contributed by atoms with Crippen LogP contribution in [-0.2, 0) is 16.1 Å². The first-order valence-electron chi connectivity index (χ1n) is 10.4. The third-order valence-corrected chi connectivity index (χ3v) is 6.33. The summed E-state index contributed by atoms with van der Waals surface area (Å²) in [7, 11) is 0. The summed E-state index contributed by atoms with van der Waals surface area (Å²) < 4.78 is 25.5. The topological polar surface area (TPSA) is 59.1 Å². The first kappa shape index (κ1) is 20.1. The van der Waals surface area contributed by atoms with Gasteiger partial charge in [0.05, 0.1) is 12.5 Å². The van der Waals surface area contributed by atoms with Crippen LogP contribution < -0.4 is 14.4 Å². The van der Waals surface area contributed by atoms with Gasteiger partial charge in [-0.3, -0.25) is 9.59 Å². The van der Waals surface area contributed by atoms with E-state index in [0.717, 1.165) is 12.8 Å². The molecular weight excluding hydrogens is 423 g/mol. The van der Waals surface area contributed by atoms with Gasteiger partial charge >= 0.3 is 0 Å². The van der Waals surface area contributed by atoms with Crippen LogP contribution in [0.15, 0.2) is 36.4 Å². The quantitative estimate of drug-likeness (QED) is 0.704. The maximum Gasteiger partial charge on any atom is 0.228 e. The number of nitrogens with zero attached hydrogens (tertiary/aromatic N) is 2. The van der Waals surface area contributed by atoms with Gasteiger partial charge in [0.25, 0.3) is 0 Å². The van der Waals surface area contributed by atoms with Crippen molar-refractivity contribution in [3.8, 4) is 11.5 Å². The Balaban J connectivity index is 1.34. The first-order chi connectivity index (χ1) is 15.0. The van der Waals surface area contributed by atoms with Crippen LogP contribution in [0.3, 0.4) is 0 Å². The lowest BCUT2D eigenvalue weighted by Gasteiger charge is -2.26. The van der Waals surface area contributed by atoms with Gasteiger partial charge in [-0.15, -0.1) is 0 Å². The monoisotopic (exact) mass is 444 g/mol. The molecule has 0 N–H and O–H groups in total. The van der Waals surface area contributed by atoms with Crippen molar-refractivity contribution in [3.05, 3.63) is 52.8 Å². The van der Waals surface area contributed by atoms with Gasteiger partial charge in [-0.25, -0.2) is 4.39 Å². The Morgan fingerprint density at radius 3 is 2.68 bits per heavy atom. The van der Waals surface area contributed by atoms with Crippen LogP contribution in [0.25, 0.3) is 0 Å². The lowest BCUT2D eigenvalue weighted by atomic mass is 10.1. The molecule has 2 heterocycles. The summed E-state index contributed by atoms with van der Waals surface area (Å²) in [6, 6.07) is 9.94. The number of ether oxygens (including phenoxy) is 2. The second-order valence-electron chi connectivity index (χ2n) is 8.13. The Morgan fingerprint density at radius 1 is 1.16 bits per heavy atom. The van der Waals surface area contributed by atoms with Crippen LogP contribution in [-0.4, -0.2) is 42.5 Å². The molecule has 1 saturated carbocycles. The third-order valence-electron chi connectivity index (χ3n) is 5.97. The molecule has 2 aromatic rings. The van der Waals surface area contributed by atoms with Gasteiger partial charge in [0.1, 0.15) is 19.0 Å². The molecular formula is C23H22ClFN2O4. The highest BCUT2D eigenvalue weighted by Crippen LogP contribution is 2.37. The largest absolute Gasteiger partial charge is 0.486 e. The van der Waals surface area contributed by atoms with Crippen molar-refractivity contribution >= 4 is 29.1 Å². The van der Waals surface area contributed by atoms with Gasteiger partial charge in [-0.2, -0.15) is 0 Å². The molecule has 2 amide bonds. The Morgan fingerprint density at radius 2 is 1.94 bits per heavy atom. The molecule has 0 aromatic heterocycles. The normalized spacial score (nSPS) is 20.1. The van der Waals surface area contributed by atoms with Crippen LogP contribution >= 0.6 is 11.6 Å². The summed E-state index contributed by atoms with van der Waals surface area (Å²) in [5.74, 6) is 0.0965. The molecule has 2 aliphatic heterocycles. The number of hydrogen-bond acceptors (Lipinski definition) is 4. The van der Waals surface area contributed by atoms with E-state index in [-0.39, 0.29) is 37.4 Å². The molecule has 1 atom stereocenters. The van der Waals surface area contributed by atoms with Gasteiger partial charge < -0.3 is 19.3 Å². The van der Waals surface area contributed by atoms with Crippen molar-refractivity contribution in [2.45, 2.75) is 31.8 Å². The predicted molar refractivity (Wildman–Crippen MR) is 113 cm³/mol. The van der Waals surface area contributed by atoms with Crippen LogP contribution in [0.5, 0.6) is 11.5 Å². The Bertz CT molecular complexity index is 1020. The van der Waals surface area contributed by atoms with E-state index in [0.29, 0.717) is 41.0 Å². The maximum absolute atomic E-state index is 14.3. The number of fused-ring (bicyclic) bond motifs is 1. The van der Waals surface area contributed by atoms with E-state index in [9.17, 15) is 14.0 Å². The Hall–Kier alpha value is -2.80. The lowest BCUT2D eigenvalue weighted by molar-refractivity contribution is -0.137. The smallest absolute Gasteiger partial charge is 0.228 e. The van der Waals surface area contributed by atoms with E-state index in [2.05, 4.69) is 0 Å². The zero-order chi connectivity index (χ0) is 21.5. The number of carbonyl (C=O) groups excluding carboxylic acids is 2. The van der Waals surface area contributed by atoms with E-state index in [1.54, 1.807) is 40.1 Å². The average Bonchev–Trinajstić information content (AvgIpc) is 3.53. The molecule has 5 rings (SSSR count). The van der Waals surface area contributed by atoms with E-state index in [4.69, 9.17) is 21.1 Å². The molecule has 2 fully saturated rings. The highest BCUT2D eigenvalue weighted by Gasteiger charge is 2.42. The predicted octanol–water partition coefficient (Wildman–Crippen LogP) is 3.79. The number of benzene rings is 2. The highest BCUT2D eigenvalue weighted by molar-refractivity contribution is 6.31. The molecule has 8 heteroatoms. The summed E-state index contributed by atoms with van der Waals surface area (Å²) in [6.45, 7) is 1.35. The number of carbonyl (C=O) groups is 2. The number of hydrogen-bond donors (Lipinski definition) is 0. The fourth-order valence-corrected chi connectivity index (χ4v) is 4.41. The van der Waals surface area contributed by atoms with Crippen molar-refractivity contribution in [2.75, 3.05) is 24.7 Å². The standard InChI is InChI=1S/C23H22ClFN2O4/c24-18-2-1-3-19(25)17(18)13-27(15-4-5-15)23(29)14-10-22(28)26(12-14)16-6-7-20-21(11-16)31-9-8-30-20/h1-3,6-7,11,14-15H,4-5,8-10,12-13H2. The molecule has 1 unspecified atom stereocenters. The highest BCUT2D eigenvalue weighted by atomic mass is 35.5. The Kier molecular flexibility index (Phi) is 5.22. The summed E-state index contributed by atoms with van der Waals surface area (Å²) in [6.07, 6.45) is 1.89. The number of amides is 2. The van der Waals surface area contributed by atoms with Gasteiger partial charge in [0, 0.05) is 41.3 Å². The average molecular weight is 445 g/mol. The number of halogens is 2.